The van der Waals surface area contributed by atoms with Crippen LogP contribution in [0.2, 0.25) is 0 Å². The van der Waals surface area contributed by atoms with E-state index in [-0.39, 0.29) is 36.8 Å². The summed E-state index contributed by atoms with van der Waals surface area (Å²) in [5.41, 5.74) is 0.00351. The van der Waals surface area contributed by atoms with Crippen LogP contribution in [0.5, 0.6) is 0 Å². The molecule has 5 amide bonds. The molecule has 0 bridgehead atoms. The third-order valence-electron chi connectivity index (χ3n) is 8.44. The lowest BCUT2D eigenvalue weighted by Gasteiger charge is -2.33. The highest BCUT2D eigenvalue weighted by Gasteiger charge is 2.54. The first-order valence-corrected chi connectivity index (χ1v) is 15.7. The standard InChI is InChI=1S/C31H43N7O9/c1-6-7-19(26(42)30(46)34-13-22(40)41)35-29(45)25-17-8-9-21(39)18(17)14-38(25)31(47)24(16(4)5)37-28(44)23(15(2)3)36-27(43)20-12-32-10-11-33-20/h10-12,15-19,23-25H,6-9,13-14H2,1-5H3,(H,34,46)(H,35,45)(H,36,43)(H,37,44)(H,40,41)/t17-,18-,19?,23?,24-,25-/m0/s1. The average molecular weight is 658 g/mol. The van der Waals surface area contributed by atoms with Crippen molar-refractivity contribution < 1.29 is 43.5 Å². The molecule has 1 aliphatic heterocycles. The molecule has 2 unspecified atom stereocenters. The number of hydrogen-bond donors (Lipinski definition) is 5. The Morgan fingerprint density at radius 1 is 0.979 bits per heavy atom. The molecule has 0 aromatic carbocycles. The average Bonchev–Trinajstić information content (AvgIpc) is 3.59. The first kappa shape index (κ1) is 36.7. The van der Waals surface area contributed by atoms with E-state index in [1.807, 2.05) is 5.32 Å². The van der Waals surface area contributed by atoms with E-state index in [9.17, 15) is 38.4 Å². The molecular formula is C31H43N7O9. The largest absolute Gasteiger partial charge is 0.480 e. The van der Waals surface area contributed by atoms with Crippen LogP contribution < -0.4 is 21.3 Å². The van der Waals surface area contributed by atoms with Gasteiger partial charge in [-0.15, -0.1) is 0 Å². The maximum Gasteiger partial charge on any atom is 0.322 e. The second-order valence-corrected chi connectivity index (χ2v) is 12.5. The van der Waals surface area contributed by atoms with Crippen molar-refractivity contribution in [2.24, 2.45) is 23.7 Å². The van der Waals surface area contributed by atoms with Crippen molar-refractivity contribution in [1.29, 1.82) is 0 Å². The highest BCUT2D eigenvalue weighted by atomic mass is 16.4. The second-order valence-electron chi connectivity index (χ2n) is 12.5. The fraction of sp³-hybridized carbons (Fsp3) is 0.613. The monoisotopic (exact) mass is 657 g/mol. The van der Waals surface area contributed by atoms with Crippen LogP contribution in [0.4, 0.5) is 0 Å². The van der Waals surface area contributed by atoms with Gasteiger partial charge in [-0.2, -0.15) is 0 Å². The maximum absolute atomic E-state index is 14.1. The van der Waals surface area contributed by atoms with E-state index < -0.39 is 89.8 Å². The van der Waals surface area contributed by atoms with E-state index in [0.29, 0.717) is 12.8 Å². The van der Waals surface area contributed by atoms with Gasteiger partial charge in [0.2, 0.25) is 23.5 Å². The van der Waals surface area contributed by atoms with Gasteiger partial charge in [-0.1, -0.05) is 41.0 Å². The number of carbonyl (C=O) groups is 8. The molecule has 16 nitrogen and oxygen atoms in total. The number of rotatable bonds is 15. The van der Waals surface area contributed by atoms with Gasteiger partial charge in [0.25, 0.3) is 11.8 Å². The molecular weight excluding hydrogens is 614 g/mol. The first-order chi connectivity index (χ1) is 22.2. The highest BCUT2D eigenvalue weighted by molar-refractivity contribution is 6.38. The molecule has 1 saturated heterocycles. The molecule has 1 saturated carbocycles. The molecule has 0 radical (unpaired) electrons. The Bertz CT molecular complexity index is 1380. The van der Waals surface area contributed by atoms with Crippen LogP contribution in [0.3, 0.4) is 0 Å². The quantitative estimate of drug-likeness (QED) is 0.147. The van der Waals surface area contributed by atoms with Gasteiger partial charge in [-0.3, -0.25) is 43.3 Å². The molecule has 6 atom stereocenters. The van der Waals surface area contributed by atoms with Gasteiger partial charge in [-0.25, -0.2) is 4.98 Å². The Labute approximate surface area is 272 Å². The van der Waals surface area contributed by atoms with Crippen molar-refractivity contribution >= 4 is 47.1 Å². The molecule has 1 aliphatic carbocycles. The molecule has 2 heterocycles. The number of aliphatic carboxylic acids is 1. The Morgan fingerprint density at radius 2 is 1.66 bits per heavy atom. The third kappa shape index (κ3) is 8.95. The molecule has 256 valence electrons. The fourth-order valence-electron chi connectivity index (χ4n) is 5.99. The predicted octanol–water partition coefficient (Wildman–Crippen LogP) is -0.767. The number of carboxylic acid groups (broad SMARTS) is 1. The lowest BCUT2D eigenvalue weighted by molar-refractivity contribution is -0.145. The third-order valence-corrected chi connectivity index (χ3v) is 8.44. The van der Waals surface area contributed by atoms with E-state index in [1.165, 1.54) is 23.5 Å². The number of hydrogen-bond acceptors (Lipinski definition) is 10. The molecule has 16 heteroatoms. The summed E-state index contributed by atoms with van der Waals surface area (Å²) in [5.74, 6) is -8.29. The summed E-state index contributed by atoms with van der Waals surface area (Å²) in [6.45, 7) is 7.73. The van der Waals surface area contributed by atoms with Crippen molar-refractivity contribution in [2.75, 3.05) is 13.1 Å². The summed E-state index contributed by atoms with van der Waals surface area (Å²) in [6.07, 6.45) is 5.01. The van der Waals surface area contributed by atoms with E-state index in [4.69, 9.17) is 5.11 Å². The van der Waals surface area contributed by atoms with Crippen LogP contribution in [-0.2, 0) is 33.6 Å². The Morgan fingerprint density at radius 3 is 2.23 bits per heavy atom. The minimum Gasteiger partial charge on any atom is -0.480 e. The normalized spacial score (nSPS) is 20.6. The number of ketones is 2. The van der Waals surface area contributed by atoms with Crippen molar-refractivity contribution in [1.82, 2.24) is 36.1 Å². The molecule has 1 aromatic heterocycles. The summed E-state index contributed by atoms with van der Waals surface area (Å²) in [5, 5.41) is 18.8. The first-order valence-electron chi connectivity index (χ1n) is 15.7. The van der Waals surface area contributed by atoms with Crippen LogP contribution in [0.15, 0.2) is 18.6 Å². The molecule has 2 fully saturated rings. The second kappa shape index (κ2) is 16.2. The van der Waals surface area contributed by atoms with Crippen LogP contribution in [-0.4, -0.2) is 104 Å². The van der Waals surface area contributed by atoms with Gasteiger partial charge in [0, 0.05) is 37.2 Å². The summed E-state index contributed by atoms with van der Waals surface area (Å²) < 4.78 is 0. The topological polar surface area (TPSA) is 234 Å². The van der Waals surface area contributed by atoms with Gasteiger partial charge in [0.1, 0.15) is 36.1 Å². The van der Waals surface area contributed by atoms with Gasteiger partial charge in [0.15, 0.2) is 0 Å². The molecule has 47 heavy (non-hydrogen) atoms. The van der Waals surface area contributed by atoms with Crippen LogP contribution >= 0.6 is 0 Å². The lowest BCUT2D eigenvalue weighted by atomic mass is 9.92. The molecule has 1 aromatic rings. The number of fused-ring (bicyclic) bond motifs is 1. The Kier molecular flexibility index (Phi) is 12.6. The van der Waals surface area contributed by atoms with Crippen molar-refractivity contribution in [3.05, 3.63) is 24.3 Å². The van der Waals surface area contributed by atoms with Crippen molar-refractivity contribution in [3.8, 4) is 0 Å². The number of carbonyl (C=O) groups excluding carboxylic acids is 7. The van der Waals surface area contributed by atoms with Crippen LogP contribution in [0, 0.1) is 23.7 Å². The zero-order valence-corrected chi connectivity index (χ0v) is 27.1. The van der Waals surface area contributed by atoms with E-state index in [2.05, 4.69) is 25.9 Å². The lowest BCUT2D eigenvalue weighted by Crippen LogP contribution is -2.60. The van der Waals surface area contributed by atoms with E-state index >= 15 is 0 Å². The minimum absolute atomic E-state index is 0.00351. The van der Waals surface area contributed by atoms with Gasteiger partial charge in [-0.05, 0) is 24.7 Å². The van der Waals surface area contributed by atoms with Gasteiger partial charge >= 0.3 is 5.97 Å². The number of likely N-dealkylation sites (tertiary alicyclic amines) is 1. The number of nitrogens with one attached hydrogen (secondary N) is 4. The van der Waals surface area contributed by atoms with Gasteiger partial charge in [0.05, 0.1) is 12.2 Å². The molecule has 3 rings (SSSR count). The Balaban J connectivity index is 1.83. The highest BCUT2D eigenvalue weighted by Crippen LogP contribution is 2.41. The van der Waals surface area contributed by atoms with Crippen LogP contribution in [0.25, 0.3) is 0 Å². The summed E-state index contributed by atoms with van der Waals surface area (Å²) in [6, 6.07) is -4.65. The summed E-state index contributed by atoms with van der Waals surface area (Å²) >= 11 is 0. The number of aromatic nitrogens is 2. The maximum atomic E-state index is 14.1. The minimum atomic E-state index is -1.35. The molecule has 2 aliphatic rings. The van der Waals surface area contributed by atoms with Crippen LogP contribution in [0.1, 0.15) is 70.8 Å². The zero-order chi connectivity index (χ0) is 35.0. The van der Waals surface area contributed by atoms with E-state index in [0.717, 1.165) is 0 Å². The summed E-state index contributed by atoms with van der Waals surface area (Å²) in [4.78, 5) is 112. The summed E-state index contributed by atoms with van der Waals surface area (Å²) in [7, 11) is 0. The number of amides is 5. The van der Waals surface area contributed by atoms with Crippen molar-refractivity contribution in [2.45, 2.75) is 84.5 Å². The number of carboxylic acids is 1. The molecule has 0 spiro atoms. The molecule has 5 N–H and O–H groups in total. The fourth-order valence-corrected chi connectivity index (χ4v) is 5.99. The number of nitrogens with zero attached hydrogens (tertiary/aromatic N) is 3. The zero-order valence-electron chi connectivity index (χ0n) is 27.1. The van der Waals surface area contributed by atoms with E-state index in [1.54, 1.807) is 34.6 Å². The predicted molar refractivity (Wildman–Crippen MR) is 164 cm³/mol. The smallest absolute Gasteiger partial charge is 0.322 e. The number of Topliss-reactive ketones (excluding diaryl/α,β-unsaturated/α-hetero) is 2. The SMILES string of the molecule is CCCC(NC(=O)[C@@H]1[C@H]2CCC(=O)[C@H]2CN1C(=O)[C@@H](NC(=O)C(NC(=O)c1cnccn1)C(C)C)C(C)C)C(=O)C(=O)NCC(=O)O. The van der Waals surface area contributed by atoms with Gasteiger partial charge < -0.3 is 31.3 Å². The Hall–Kier alpha value is -4.76. The van der Waals surface area contributed by atoms with Crippen molar-refractivity contribution in [3.63, 3.8) is 0 Å².